The molecule has 1 aromatic carbocycles. The first-order valence-electron chi connectivity index (χ1n) is 10.3. The van der Waals surface area contributed by atoms with E-state index in [0.717, 1.165) is 0 Å². The number of rotatable bonds is 7. The van der Waals surface area contributed by atoms with Gasteiger partial charge >= 0.3 is 6.61 Å². The van der Waals surface area contributed by atoms with Crippen LogP contribution in [0.3, 0.4) is 0 Å². The number of hydrogen-bond acceptors (Lipinski definition) is 6. The number of aliphatic hydroxyl groups is 1. The smallest absolute Gasteiger partial charge is 0.387 e. The lowest BCUT2D eigenvalue weighted by molar-refractivity contribution is -0.0498. The standard InChI is InChI=1S/C22H24F2N4O4/c1-13(2)28-17-9-15(20(30)26-22(11-29)6-7-31-12-22)10-25-19(17)18(27-28)14-4-3-5-16(8-14)32-21(23)24/h3-5,8-10,13,21,29H,6-7,11-12H2,1-2H3,(H,26,30)/t22-/m0/s1. The number of benzene rings is 1. The third kappa shape index (κ3) is 4.28. The molecule has 0 bridgehead atoms. The second kappa shape index (κ2) is 8.79. The number of ether oxygens (including phenoxy) is 2. The van der Waals surface area contributed by atoms with Crippen LogP contribution in [0.15, 0.2) is 36.5 Å². The van der Waals surface area contributed by atoms with Crippen LogP contribution in [-0.2, 0) is 4.74 Å². The first-order valence-corrected chi connectivity index (χ1v) is 10.3. The van der Waals surface area contributed by atoms with Crippen LogP contribution < -0.4 is 10.1 Å². The fraction of sp³-hybridized carbons (Fsp3) is 0.409. The van der Waals surface area contributed by atoms with Gasteiger partial charge in [-0.25, -0.2) is 0 Å². The molecular formula is C22H24F2N4O4. The summed E-state index contributed by atoms with van der Waals surface area (Å²) in [6.07, 6.45) is 1.96. The minimum Gasteiger partial charge on any atom is -0.435 e. The van der Waals surface area contributed by atoms with Gasteiger partial charge in [0.1, 0.15) is 17.0 Å². The van der Waals surface area contributed by atoms with Gasteiger partial charge in [-0.05, 0) is 38.5 Å². The van der Waals surface area contributed by atoms with Crippen molar-refractivity contribution < 1.29 is 28.2 Å². The number of aromatic nitrogens is 3. The Labute approximate surface area is 183 Å². The Hall–Kier alpha value is -3.11. The quantitative estimate of drug-likeness (QED) is 0.579. The highest BCUT2D eigenvalue weighted by atomic mass is 19.3. The normalized spacial score (nSPS) is 18.6. The SMILES string of the molecule is CC(C)n1nc(-c2cccc(OC(F)F)c2)c2ncc(C(=O)N[C@]3(CO)CCOC3)cc21. The number of amides is 1. The van der Waals surface area contributed by atoms with E-state index in [4.69, 9.17) is 4.74 Å². The van der Waals surface area contributed by atoms with E-state index in [-0.39, 0.29) is 30.9 Å². The van der Waals surface area contributed by atoms with Crippen molar-refractivity contribution in [1.29, 1.82) is 0 Å². The molecule has 1 saturated heterocycles. The van der Waals surface area contributed by atoms with Crippen molar-refractivity contribution in [2.24, 2.45) is 0 Å². The highest BCUT2D eigenvalue weighted by Gasteiger charge is 2.36. The highest BCUT2D eigenvalue weighted by Crippen LogP contribution is 2.31. The Balaban J connectivity index is 1.72. The molecule has 10 heteroatoms. The van der Waals surface area contributed by atoms with Crippen molar-refractivity contribution >= 4 is 16.9 Å². The van der Waals surface area contributed by atoms with Crippen LogP contribution in [0.1, 0.15) is 36.7 Å². The average molecular weight is 446 g/mol. The molecule has 2 N–H and O–H groups in total. The van der Waals surface area contributed by atoms with Crippen LogP contribution in [0.4, 0.5) is 8.78 Å². The van der Waals surface area contributed by atoms with E-state index in [2.05, 4.69) is 20.1 Å². The number of fused-ring (bicyclic) bond motifs is 1. The summed E-state index contributed by atoms with van der Waals surface area (Å²) in [6.45, 7) is 1.44. The number of alkyl halides is 2. The zero-order chi connectivity index (χ0) is 22.9. The van der Waals surface area contributed by atoms with Gasteiger partial charge in [0.15, 0.2) is 0 Å². The van der Waals surface area contributed by atoms with Crippen molar-refractivity contribution in [2.45, 2.75) is 38.5 Å². The third-order valence-electron chi connectivity index (χ3n) is 5.42. The molecule has 3 heterocycles. The molecule has 2 aromatic heterocycles. The molecule has 1 amide bonds. The zero-order valence-electron chi connectivity index (χ0n) is 17.7. The Morgan fingerprint density at radius 3 is 2.84 bits per heavy atom. The van der Waals surface area contributed by atoms with Crippen molar-refractivity contribution in [1.82, 2.24) is 20.1 Å². The van der Waals surface area contributed by atoms with Crippen LogP contribution in [0, 0.1) is 0 Å². The lowest BCUT2D eigenvalue weighted by atomic mass is 9.99. The molecule has 0 saturated carbocycles. The molecule has 0 spiro atoms. The predicted octanol–water partition coefficient (Wildman–Crippen LogP) is 3.16. The molecule has 1 aliphatic rings. The molecule has 0 unspecified atom stereocenters. The first kappa shape index (κ1) is 22.1. The van der Waals surface area contributed by atoms with Gasteiger partial charge in [0.25, 0.3) is 5.91 Å². The summed E-state index contributed by atoms with van der Waals surface area (Å²) in [7, 11) is 0. The minimum absolute atomic E-state index is 0.0221. The number of aliphatic hydroxyl groups excluding tert-OH is 1. The highest BCUT2D eigenvalue weighted by molar-refractivity contribution is 5.99. The number of nitrogens with one attached hydrogen (secondary N) is 1. The fourth-order valence-electron chi connectivity index (χ4n) is 3.73. The molecule has 4 rings (SSSR count). The molecule has 0 radical (unpaired) electrons. The van der Waals surface area contributed by atoms with Gasteiger partial charge in [-0.1, -0.05) is 12.1 Å². The number of pyridine rings is 1. The molecule has 170 valence electrons. The van der Waals surface area contributed by atoms with Gasteiger partial charge in [0.05, 0.1) is 29.8 Å². The summed E-state index contributed by atoms with van der Waals surface area (Å²) in [6, 6.07) is 7.90. The van der Waals surface area contributed by atoms with Crippen LogP contribution in [-0.4, -0.2) is 57.7 Å². The lowest BCUT2D eigenvalue weighted by Crippen LogP contribution is -2.52. The zero-order valence-corrected chi connectivity index (χ0v) is 17.7. The molecule has 3 aromatic rings. The average Bonchev–Trinajstić information content (AvgIpc) is 3.38. The van der Waals surface area contributed by atoms with Crippen LogP contribution in [0.25, 0.3) is 22.3 Å². The van der Waals surface area contributed by atoms with Crippen molar-refractivity contribution in [3.8, 4) is 17.0 Å². The van der Waals surface area contributed by atoms with Gasteiger partial charge < -0.3 is 19.9 Å². The maximum atomic E-state index is 12.9. The second-order valence-corrected chi connectivity index (χ2v) is 8.08. The first-order chi connectivity index (χ1) is 15.3. The van der Waals surface area contributed by atoms with E-state index >= 15 is 0 Å². The van der Waals surface area contributed by atoms with Gasteiger partial charge in [-0.2, -0.15) is 13.9 Å². The van der Waals surface area contributed by atoms with Crippen LogP contribution >= 0.6 is 0 Å². The third-order valence-corrected chi connectivity index (χ3v) is 5.42. The van der Waals surface area contributed by atoms with Gasteiger partial charge in [0, 0.05) is 24.4 Å². The van der Waals surface area contributed by atoms with Crippen molar-refractivity contribution in [2.75, 3.05) is 19.8 Å². The predicted molar refractivity (Wildman–Crippen MR) is 113 cm³/mol. The van der Waals surface area contributed by atoms with E-state index in [1.807, 2.05) is 13.8 Å². The van der Waals surface area contributed by atoms with E-state index in [0.29, 0.717) is 40.9 Å². The Morgan fingerprint density at radius 1 is 1.38 bits per heavy atom. The molecule has 1 atom stereocenters. The summed E-state index contributed by atoms with van der Waals surface area (Å²) < 4.78 is 36.8. The topological polar surface area (TPSA) is 98.5 Å². The van der Waals surface area contributed by atoms with E-state index in [1.54, 1.807) is 22.9 Å². The molecule has 0 aliphatic carbocycles. The maximum Gasteiger partial charge on any atom is 0.387 e. The van der Waals surface area contributed by atoms with Gasteiger partial charge in [-0.15, -0.1) is 0 Å². The van der Waals surface area contributed by atoms with Crippen LogP contribution in [0.5, 0.6) is 5.75 Å². The number of hydrogen-bond donors (Lipinski definition) is 2. The monoisotopic (exact) mass is 446 g/mol. The largest absolute Gasteiger partial charge is 0.435 e. The van der Waals surface area contributed by atoms with E-state index in [1.165, 1.54) is 18.3 Å². The summed E-state index contributed by atoms with van der Waals surface area (Å²) in [4.78, 5) is 17.3. The number of carbonyl (C=O) groups excluding carboxylic acids is 1. The summed E-state index contributed by atoms with van der Waals surface area (Å²) in [5.41, 5.74) is 1.74. The van der Waals surface area contributed by atoms with E-state index in [9.17, 15) is 18.7 Å². The fourth-order valence-corrected chi connectivity index (χ4v) is 3.73. The summed E-state index contributed by atoms with van der Waals surface area (Å²) in [5.74, 6) is -0.349. The van der Waals surface area contributed by atoms with Crippen LogP contribution in [0.2, 0.25) is 0 Å². The number of carbonyl (C=O) groups is 1. The molecule has 1 aliphatic heterocycles. The number of halogens is 2. The lowest BCUT2D eigenvalue weighted by Gasteiger charge is -2.26. The minimum atomic E-state index is -2.93. The number of nitrogens with zero attached hydrogens (tertiary/aromatic N) is 3. The van der Waals surface area contributed by atoms with Crippen molar-refractivity contribution in [3.05, 3.63) is 42.1 Å². The Morgan fingerprint density at radius 2 is 2.19 bits per heavy atom. The molecule has 1 fully saturated rings. The Kier molecular flexibility index (Phi) is 6.07. The van der Waals surface area contributed by atoms with Gasteiger partial charge in [-0.3, -0.25) is 14.5 Å². The molecule has 32 heavy (non-hydrogen) atoms. The summed E-state index contributed by atoms with van der Waals surface area (Å²) in [5, 5.41) is 17.2. The molecular weight excluding hydrogens is 422 g/mol. The van der Waals surface area contributed by atoms with Crippen molar-refractivity contribution in [3.63, 3.8) is 0 Å². The second-order valence-electron chi connectivity index (χ2n) is 8.08. The summed E-state index contributed by atoms with van der Waals surface area (Å²) >= 11 is 0. The molecule has 8 nitrogen and oxygen atoms in total. The van der Waals surface area contributed by atoms with Gasteiger partial charge in [0.2, 0.25) is 0 Å². The van der Waals surface area contributed by atoms with E-state index < -0.39 is 12.2 Å². The Bertz CT molecular complexity index is 1130. The maximum absolute atomic E-state index is 12.9.